The van der Waals surface area contributed by atoms with E-state index in [-0.39, 0.29) is 0 Å². The molecule has 0 aliphatic rings. The van der Waals surface area contributed by atoms with E-state index >= 15 is 0 Å². The molecular weight excluding hydrogens is 218 g/mol. The smallest absolute Gasteiger partial charge is 0.0566 e. The summed E-state index contributed by atoms with van der Waals surface area (Å²) in [6.07, 6.45) is 7.15. The van der Waals surface area contributed by atoms with Crippen molar-refractivity contribution in [2.45, 2.75) is 0 Å². The molecule has 0 aliphatic carbocycles. The molecule has 4 heteroatoms. The van der Waals surface area contributed by atoms with Crippen molar-refractivity contribution in [1.82, 2.24) is 15.2 Å². The molecule has 0 saturated carbocycles. The highest BCUT2D eigenvalue weighted by Crippen LogP contribution is 2.25. The van der Waals surface area contributed by atoms with Crippen LogP contribution in [0.4, 0.5) is 0 Å². The molecule has 60 valence electrons. The number of halogens is 1. The first-order chi connectivity index (χ1) is 5.88. The summed E-state index contributed by atoms with van der Waals surface area (Å²) in [4.78, 5) is 3.98. The molecule has 0 fully saturated rings. The predicted molar refractivity (Wildman–Crippen MR) is 49.5 cm³/mol. The fourth-order valence-electron chi connectivity index (χ4n) is 1.01. The second-order valence-electron chi connectivity index (χ2n) is 2.34. The zero-order valence-corrected chi connectivity index (χ0v) is 7.75. The van der Waals surface area contributed by atoms with E-state index in [9.17, 15) is 0 Å². The maximum Gasteiger partial charge on any atom is 0.0566 e. The predicted octanol–water partition coefficient (Wildman–Crippen LogP) is 2.23. The van der Waals surface area contributed by atoms with Crippen LogP contribution in [0.25, 0.3) is 11.1 Å². The topological polar surface area (TPSA) is 41.6 Å². The van der Waals surface area contributed by atoms with Crippen LogP contribution in [-0.4, -0.2) is 15.2 Å². The molecule has 1 N–H and O–H groups in total. The van der Waals surface area contributed by atoms with Crippen LogP contribution in [0, 0.1) is 0 Å². The molecule has 0 atom stereocenters. The van der Waals surface area contributed by atoms with Crippen LogP contribution in [0.5, 0.6) is 0 Å². The van der Waals surface area contributed by atoms with Gasteiger partial charge in [0.05, 0.1) is 6.20 Å². The lowest BCUT2D eigenvalue weighted by Crippen LogP contribution is -1.77. The third-order valence-electron chi connectivity index (χ3n) is 1.58. The van der Waals surface area contributed by atoms with Crippen molar-refractivity contribution in [3.63, 3.8) is 0 Å². The van der Waals surface area contributed by atoms with Crippen LogP contribution in [0.15, 0.2) is 35.3 Å². The van der Waals surface area contributed by atoms with Crippen LogP contribution in [0.3, 0.4) is 0 Å². The Kier molecular flexibility index (Phi) is 1.91. The normalized spacial score (nSPS) is 10.1. The quantitative estimate of drug-likeness (QED) is 0.806. The highest BCUT2D eigenvalue weighted by molar-refractivity contribution is 9.10. The van der Waals surface area contributed by atoms with Gasteiger partial charge in [-0.2, -0.15) is 5.10 Å². The van der Waals surface area contributed by atoms with Crippen LogP contribution in [-0.2, 0) is 0 Å². The summed E-state index contributed by atoms with van der Waals surface area (Å²) in [5.41, 5.74) is 2.16. The van der Waals surface area contributed by atoms with Crippen molar-refractivity contribution in [3.8, 4) is 11.1 Å². The van der Waals surface area contributed by atoms with Gasteiger partial charge in [0.25, 0.3) is 0 Å². The number of H-pyrrole nitrogens is 1. The van der Waals surface area contributed by atoms with Crippen molar-refractivity contribution >= 4 is 15.9 Å². The summed E-state index contributed by atoms with van der Waals surface area (Å²) in [6, 6.07) is 1.94. The fourth-order valence-corrected chi connectivity index (χ4v) is 1.49. The van der Waals surface area contributed by atoms with Crippen LogP contribution < -0.4 is 0 Å². The van der Waals surface area contributed by atoms with Crippen molar-refractivity contribution in [1.29, 1.82) is 0 Å². The number of rotatable bonds is 1. The van der Waals surface area contributed by atoms with Gasteiger partial charge in [-0.05, 0) is 22.0 Å². The van der Waals surface area contributed by atoms with Gasteiger partial charge >= 0.3 is 0 Å². The molecule has 2 rings (SSSR count). The number of aromatic nitrogens is 3. The van der Waals surface area contributed by atoms with E-state index in [4.69, 9.17) is 0 Å². The van der Waals surface area contributed by atoms with E-state index in [1.54, 1.807) is 18.6 Å². The number of nitrogens with one attached hydrogen (secondary N) is 1. The van der Waals surface area contributed by atoms with E-state index in [2.05, 4.69) is 31.1 Å². The number of aromatic amines is 1. The van der Waals surface area contributed by atoms with Gasteiger partial charge in [-0.15, -0.1) is 0 Å². The Morgan fingerprint density at radius 1 is 1.33 bits per heavy atom. The summed E-state index contributed by atoms with van der Waals surface area (Å²) in [7, 11) is 0. The Bertz CT molecular complexity index is 370. The molecule has 3 nitrogen and oxygen atoms in total. The van der Waals surface area contributed by atoms with Crippen molar-refractivity contribution in [3.05, 3.63) is 35.3 Å². The van der Waals surface area contributed by atoms with E-state index in [1.807, 2.05) is 12.3 Å². The van der Waals surface area contributed by atoms with Crippen LogP contribution >= 0.6 is 15.9 Å². The molecule has 0 radical (unpaired) electrons. The summed E-state index contributed by atoms with van der Waals surface area (Å²) < 4.78 is 0.978. The molecule has 2 heterocycles. The van der Waals surface area contributed by atoms with Crippen LogP contribution in [0.2, 0.25) is 0 Å². The third kappa shape index (κ3) is 1.25. The summed E-state index contributed by atoms with van der Waals surface area (Å²) >= 11 is 3.41. The first kappa shape index (κ1) is 7.49. The first-order valence-corrected chi connectivity index (χ1v) is 4.26. The minimum absolute atomic E-state index is 0.978. The van der Waals surface area contributed by atoms with Gasteiger partial charge in [-0.3, -0.25) is 10.1 Å². The second-order valence-corrected chi connectivity index (χ2v) is 3.20. The zero-order chi connectivity index (χ0) is 8.39. The highest BCUT2D eigenvalue weighted by Gasteiger charge is 2.01. The summed E-state index contributed by atoms with van der Waals surface area (Å²) in [5, 5.41) is 6.64. The van der Waals surface area contributed by atoms with Gasteiger partial charge in [-0.25, -0.2) is 0 Å². The lowest BCUT2D eigenvalue weighted by Gasteiger charge is -1.97. The van der Waals surface area contributed by atoms with Gasteiger partial charge in [0.1, 0.15) is 0 Å². The van der Waals surface area contributed by atoms with E-state index in [1.165, 1.54) is 0 Å². The Balaban J connectivity index is 2.55. The van der Waals surface area contributed by atoms with E-state index < -0.39 is 0 Å². The van der Waals surface area contributed by atoms with E-state index in [0.717, 1.165) is 15.6 Å². The molecule has 0 spiro atoms. The second kappa shape index (κ2) is 3.06. The SMILES string of the molecule is Brc1cnccc1-c1cn[nH]c1. The zero-order valence-electron chi connectivity index (χ0n) is 6.16. The molecule has 0 unspecified atom stereocenters. The number of hydrogen-bond donors (Lipinski definition) is 1. The van der Waals surface area contributed by atoms with Gasteiger partial charge in [-0.1, -0.05) is 0 Å². The lowest BCUT2D eigenvalue weighted by atomic mass is 10.2. The number of nitrogens with zero attached hydrogens (tertiary/aromatic N) is 2. The Hall–Kier alpha value is -1.16. The number of pyridine rings is 1. The average molecular weight is 224 g/mol. The van der Waals surface area contributed by atoms with Crippen molar-refractivity contribution in [2.24, 2.45) is 0 Å². The van der Waals surface area contributed by atoms with Gasteiger partial charge in [0, 0.05) is 34.2 Å². The van der Waals surface area contributed by atoms with Crippen LogP contribution in [0.1, 0.15) is 0 Å². The van der Waals surface area contributed by atoms with Gasteiger partial charge in [0.15, 0.2) is 0 Å². The maximum atomic E-state index is 3.98. The van der Waals surface area contributed by atoms with Crippen molar-refractivity contribution < 1.29 is 0 Å². The minimum atomic E-state index is 0.978. The summed E-state index contributed by atoms with van der Waals surface area (Å²) in [6.45, 7) is 0. The minimum Gasteiger partial charge on any atom is -0.285 e. The monoisotopic (exact) mass is 223 g/mol. The van der Waals surface area contributed by atoms with Crippen molar-refractivity contribution in [2.75, 3.05) is 0 Å². The van der Waals surface area contributed by atoms with E-state index in [0.29, 0.717) is 0 Å². The molecule has 0 aliphatic heterocycles. The molecule has 0 saturated heterocycles. The molecular formula is C8H6BrN3. The molecule has 0 amide bonds. The molecule has 2 aromatic heterocycles. The third-order valence-corrected chi connectivity index (χ3v) is 2.21. The Morgan fingerprint density at radius 2 is 2.25 bits per heavy atom. The first-order valence-electron chi connectivity index (χ1n) is 3.46. The Labute approximate surface area is 78.0 Å². The maximum absolute atomic E-state index is 3.98. The highest BCUT2D eigenvalue weighted by atomic mass is 79.9. The summed E-state index contributed by atoms with van der Waals surface area (Å²) in [5.74, 6) is 0. The van der Waals surface area contributed by atoms with Gasteiger partial charge < -0.3 is 0 Å². The Morgan fingerprint density at radius 3 is 2.92 bits per heavy atom. The molecule has 0 aromatic carbocycles. The molecule has 0 bridgehead atoms. The standard InChI is InChI=1S/C8H6BrN3/c9-8-5-10-2-1-7(8)6-3-11-12-4-6/h1-5H,(H,11,12). The lowest BCUT2D eigenvalue weighted by molar-refractivity contribution is 1.09. The molecule has 2 aromatic rings. The average Bonchev–Trinajstić information content (AvgIpc) is 2.57. The fraction of sp³-hybridized carbons (Fsp3) is 0. The molecule has 12 heavy (non-hydrogen) atoms. The largest absolute Gasteiger partial charge is 0.285 e. The van der Waals surface area contributed by atoms with Gasteiger partial charge in [0.2, 0.25) is 0 Å². The number of hydrogen-bond acceptors (Lipinski definition) is 2.